The Balaban J connectivity index is 1.68. The van der Waals surface area contributed by atoms with Gasteiger partial charge in [-0.3, -0.25) is 4.79 Å². The van der Waals surface area contributed by atoms with Crippen LogP contribution in [0.15, 0.2) is 42.5 Å². The third-order valence-electron chi connectivity index (χ3n) is 4.12. The SMILES string of the molecule is O=C(COc1ccccc1F)Nc1cc(Cl)ccc1N1CCCCC1. The zero-order chi connectivity index (χ0) is 17.6. The normalized spacial score (nSPS) is 14.2. The van der Waals surface area contributed by atoms with Gasteiger partial charge in [-0.2, -0.15) is 0 Å². The van der Waals surface area contributed by atoms with E-state index in [4.69, 9.17) is 16.3 Å². The number of hydrogen-bond donors (Lipinski definition) is 1. The third-order valence-corrected chi connectivity index (χ3v) is 4.36. The van der Waals surface area contributed by atoms with Crippen molar-refractivity contribution in [3.05, 3.63) is 53.3 Å². The lowest BCUT2D eigenvalue weighted by Gasteiger charge is -2.30. The van der Waals surface area contributed by atoms with Crippen LogP contribution < -0.4 is 15.0 Å². The van der Waals surface area contributed by atoms with Gasteiger partial charge in [0.2, 0.25) is 0 Å². The molecule has 0 saturated carbocycles. The number of anilines is 2. The molecule has 2 aromatic rings. The number of ether oxygens (including phenoxy) is 1. The largest absolute Gasteiger partial charge is 0.481 e. The molecule has 1 N–H and O–H groups in total. The number of benzene rings is 2. The van der Waals surface area contributed by atoms with E-state index in [1.165, 1.54) is 18.6 Å². The van der Waals surface area contributed by atoms with Crippen molar-refractivity contribution in [2.24, 2.45) is 0 Å². The summed E-state index contributed by atoms with van der Waals surface area (Å²) in [6.45, 7) is 1.64. The minimum atomic E-state index is -0.493. The monoisotopic (exact) mass is 362 g/mol. The molecular formula is C19H20ClFN2O2. The zero-order valence-corrected chi connectivity index (χ0v) is 14.6. The molecular weight excluding hydrogens is 343 g/mol. The smallest absolute Gasteiger partial charge is 0.262 e. The van der Waals surface area contributed by atoms with Crippen LogP contribution in [0.1, 0.15) is 19.3 Å². The minimum Gasteiger partial charge on any atom is -0.481 e. The van der Waals surface area contributed by atoms with E-state index in [2.05, 4.69) is 10.2 Å². The Morgan fingerprint density at radius 2 is 1.92 bits per heavy atom. The van der Waals surface area contributed by atoms with Crippen LogP contribution in [0.3, 0.4) is 0 Å². The molecule has 0 bridgehead atoms. The van der Waals surface area contributed by atoms with Crippen molar-refractivity contribution in [2.45, 2.75) is 19.3 Å². The van der Waals surface area contributed by atoms with Crippen molar-refractivity contribution < 1.29 is 13.9 Å². The van der Waals surface area contributed by atoms with E-state index in [-0.39, 0.29) is 18.3 Å². The van der Waals surface area contributed by atoms with Crippen molar-refractivity contribution >= 4 is 28.9 Å². The molecule has 0 unspecified atom stereocenters. The molecule has 6 heteroatoms. The van der Waals surface area contributed by atoms with E-state index >= 15 is 0 Å². The molecule has 0 aromatic heterocycles. The summed E-state index contributed by atoms with van der Waals surface area (Å²) in [5.74, 6) is -0.796. The van der Waals surface area contributed by atoms with Gasteiger partial charge in [-0.25, -0.2) is 4.39 Å². The van der Waals surface area contributed by atoms with Gasteiger partial charge < -0.3 is 15.0 Å². The predicted octanol–water partition coefficient (Wildman–Crippen LogP) is 4.49. The van der Waals surface area contributed by atoms with Crippen LogP contribution in [0, 0.1) is 5.82 Å². The van der Waals surface area contributed by atoms with Crippen LogP contribution in [-0.4, -0.2) is 25.6 Å². The lowest BCUT2D eigenvalue weighted by Crippen LogP contribution is -2.31. The first-order valence-corrected chi connectivity index (χ1v) is 8.73. The minimum absolute atomic E-state index is 0.0556. The van der Waals surface area contributed by atoms with Crippen molar-refractivity contribution in [1.82, 2.24) is 0 Å². The van der Waals surface area contributed by atoms with E-state index in [1.54, 1.807) is 18.2 Å². The van der Waals surface area contributed by atoms with Gasteiger partial charge in [-0.15, -0.1) is 0 Å². The molecule has 0 spiro atoms. The van der Waals surface area contributed by atoms with Crippen molar-refractivity contribution in [3.63, 3.8) is 0 Å². The summed E-state index contributed by atoms with van der Waals surface area (Å²) >= 11 is 6.08. The van der Waals surface area contributed by atoms with Gasteiger partial charge in [0, 0.05) is 18.1 Å². The molecule has 3 rings (SSSR count). The molecule has 1 heterocycles. The van der Waals surface area contributed by atoms with Gasteiger partial charge >= 0.3 is 0 Å². The van der Waals surface area contributed by atoms with E-state index < -0.39 is 5.82 Å². The molecule has 0 radical (unpaired) electrons. The van der Waals surface area contributed by atoms with E-state index in [0.717, 1.165) is 31.6 Å². The van der Waals surface area contributed by atoms with Crippen LogP contribution in [-0.2, 0) is 4.79 Å². The lowest BCUT2D eigenvalue weighted by molar-refractivity contribution is -0.118. The first kappa shape index (κ1) is 17.5. The van der Waals surface area contributed by atoms with Gasteiger partial charge in [0.25, 0.3) is 5.91 Å². The number of halogens is 2. The molecule has 132 valence electrons. The van der Waals surface area contributed by atoms with Gasteiger partial charge in [0.1, 0.15) is 0 Å². The molecule has 2 aromatic carbocycles. The van der Waals surface area contributed by atoms with Crippen LogP contribution in [0.2, 0.25) is 5.02 Å². The van der Waals surface area contributed by atoms with Crippen LogP contribution >= 0.6 is 11.6 Å². The Labute approximate surface area is 151 Å². The summed E-state index contributed by atoms with van der Waals surface area (Å²) < 4.78 is 18.8. The molecule has 25 heavy (non-hydrogen) atoms. The number of amides is 1. The Bertz CT molecular complexity index is 748. The second-order valence-electron chi connectivity index (χ2n) is 5.98. The number of nitrogens with zero attached hydrogens (tertiary/aromatic N) is 1. The van der Waals surface area contributed by atoms with Crippen molar-refractivity contribution in [2.75, 3.05) is 29.9 Å². The molecule has 1 aliphatic heterocycles. The molecule has 4 nitrogen and oxygen atoms in total. The lowest BCUT2D eigenvalue weighted by atomic mass is 10.1. The Morgan fingerprint density at radius 3 is 2.68 bits per heavy atom. The summed E-state index contributed by atoms with van der Waals surface area (Å²) in [6.07, 6.45) is 3.49. The molecule has 1 saturated heterocycles. The number of para-hydroxylation sites is 1. The van der Waals surface area contributed by atoms with E-state index in [0.29, 0.717) is 10.7 Å². The fourth-order valence-corrected chi connectivity index (χ4v) is 3.08. The highest BCUT2D eigenvalue weighted by atomic mass is 35.5. The van der Waals surface area contributed by atoms with Crippen LogP contribution in [0.25, 0.3) is 0 Å². The second-order valence-corrected chi connectivity index (χ2v) is 6.41. The molecule has 1 aliphatic rings. The van der Waals surface area contributed by atoms with E-state index in [1.807, 2.05) is 12.1 Å². The summed E-state index contributed by atoms with van der Waals surface area (Å²) in [5, 5.41) is 3.37. The summed E-state index contributed by atoms with van der Waals surface area (Å²) in [4.78, 5) is 14.5. The number of hydrogen-bond acceptors (Lipinski definition) is 3. The maximum Gasteiger partial charge on any atom is 0.262 e. The molecule has 0 aliphatic carbocycles. The fraction of sp³-hybridized carbons (Fsp3) is 0.316. The summed E-state index contributed by atoms with van der Waals surface area (Å²) in [7, 11) is 0. The second kappa shape index (κ2) is 8.21. The van der Waals surface area contributed by atoms with Crippen molar-refractivity contribution in [1.29, 1.82) is 0 Å². The summed E-state index contributed by atoms with van der Waals surface area (Å²) in [5.41, 5.74) is 1.60. The highest BCUT2D eigenvalue weighted by molar-refractivity contribution is 6.31. The van der Waals surface area contributed by atoms with Crippen molar-refractivity contribution in [3.8, 4) is 5.75 Å². The van der Waals surface area contributed by atoms with Gasteiger partial charge in [0.05, 0.1) is 11.4 Å². The maximum atomic E-state index is 13.5. The average Bonchev–Trinajstić information content (AvgIpc) is 2.62. The molecule has 1 amide bonds. The zero-order valence-electron chi connectivity index (χ0n) is 13.8. The first-order valence-electron chi connectivity index (χ1n) is 8.35. The highest BCUT2D eigenvalue weighted by Crippen LogP contribution is 2.31. The Hall–Kier alpha value is -2.27. The van der Waals surface area contributed by atoms with Gasteiger partial charge in [-0.1, -0.05) is 23.7 Å². The van der Waals surface area contributed by atoms with Crippen LogP contribution in [0.4, 0.5) is 15.8 Å². The fourth-order valence-electron chi connectivity index (χ4n) is 2.91. The quantitative estimate of drug-likeness (QED) is 0.852. The van der Waals surface area contributed by atoms with Gasteiger partial charge in [0.15, 0.2) is 18.2 Å². The highest BCUT2D eigenvalue weighted by Gasteiger charge is 2.16. The third kappa shape index (κ3) is 4.63. The Kier molecular flexibility index (Phi) is 5.76. The van der Waals surface area contributed by atoms with Crippen LogP contribution in [0.5, 0.6) is 5.75 Å². The average molecular weight is 363 g/mol. The molecule has 1 fully saturated rings. The van der Waals surface area contributed by atoms with Gasteiger partial charge in [-0.05, 0) is 49.6 Å². The topological polar surface area (TPSA) is 41.6 Å². The first-order chi connectivity index (χ1) is 12.1. The predicted molar refractivity (Wildman–Crippen MR) is 98.0 cm³/mol. The standard InChI is InChI=1S/C19H20ClFN2O2/c20-14-8-9-17(23-10-4-1-5-11-23)16(12-14)22-19(24)13-25-18-7-3-2-6-15(18)21/h2-3,6-9,12H,1,4-5,10-11,13H2,(H,22,24). The number of carbonyl (C=O) groups is 1. The summed E-state index contributed by atoms with van der Waals surface area (Å²) in [6, 6.07) is 11.5. The Morgan fingerprint density at radius 1 is 1.16 bits per heavy atom. The maximum absolute atomic E-state index is 13.5. The number of nitrogens with one attached hydrogen (secondary N) is 1. The number of carbonyl (C=O) groups excluding carboxylic acids is 1. The number of rotatable bonds is 5. The number of piperidine rings is 1. The van der Waals surface area contributed by atoms with E-state index in [9.17, 15) is 9.18 Å². The molecule has 0 atom stereocenters.